The van der Waals surface area contributed by atoms with E-state index in [1.54, 1.807) is 13.2 Å². The molecule has 1 atom stereocenters. The second-order valence-corrected chi connectivity index (χ2v) is 4.80. The highest BCUT2D eigenvalue weighted by molar-refractivity contribution is 5.41. The number of hydrogen-bond donors (Lipinski definition) is 1. The molecule has 17 heavy (non-hydrogen) atoms. The molecule has 1 N–H and O–H groups in total. The smallest absolute Gasteiger partial charge is 0.160 e. The SMILES string of the molecule is CCC1CCN(Cc2ccc(O)c(OC)c2)C1. The first kappa shape index (κ1) is 12.2. The van der Waals surface area contributed by atoms with E-state index in [0.717, 1.165) is 12.5 Å². The lowest BCUT2D eigenvalue weighted by atomic mass is 10.1. The van der Waals surface area contributed by atoms with E-state index in [2.05, 4.69) is 11.8 Å². The maximum atomic E-state index is 9.54. The van der Waals surface area contributed by atoms with Crippen LogP contribution in [0.2, 0.25) is 0 Å². The van der Waals surface area contributed by atoms with E-state index in [9.17, 15) is 5.11 Å². The number of phenolic OH excluding ortho intramolecular Hbond substituents is 1. The van der Waals surface area contributed by atoms with Gasteiger partial charge in [0, 0.05) is 13.1 Å². The van der Waals surface area contributed by atoms with E-state index in [0.29, 0.717) is 5.75 Å². The van der Waals surface area contributed by atoms with E-state index < -0.39 is 0 Å². The van der Waals surface area contributed by atoms with Crippen LogP contribution in [0.4, 0.5) is 0 Å². The lowest BCUT2D eigenvalue weighted by Gasteiger charge is -2.16. The summed E-state index contributed by atoms with van der Waals surface area (Å²) in [6.07, 6.45) is 2.58. The Bertz CT molecular complexity index is 378. The number of ether oxygens (including phenoxy) is 1. The summed E-state index contributed by atoms with van der Waals surface area (Å²) in [5, 5.41) is 9.54. The summed E-state index contributed by atoms with van der Waals surface area (Å²) in [6, 6.07) is 5.60. The highest BCUT2D eigenvalue weighted by atomic mass is 16.5. The van der Waals surface area contributed by atoms with Crippen LogP contribution in [0, 0.1) is 5.92 Å². The van der Waals surface area contributed by atoms with Crippen LogP contribution in [0.1, 0.15) is 25.3 Å². The minimum atomic E-state index is 0.212. The Morgan fingerprint density at radius 3 is 2.94 bits per heavy atom. The van der Waals surface area contributed by atoms with Gasteiger partial charge in [0.25, 0.3) is 0 Å². The third-order valence-electron chi connectivity index (χ3n) is 3.60. The van der Waals surface area contributed by atoms with E-state index in [4.69, 9.17) is 4.74 Å². The van der Waals surface area contributed by atoms with Crippen molar-refractivity contribution in [2.75, 3.05) is 20.2 Å². The van der Waals surface area contributed by atoms with Crippen molar-refractivity contribution in [2.24, 2.45) is 5.92 Å². The summed E-state index contributed by atoms with van der Waals surface area (Å²) < 4.78 is 5.12. The van der Waals surface area contributed by atoms with Crippen molar-refractivity contribution in [2.45, 2.75) is 26.3 Å². The Balaban J connectivity index is 1.99. The van der Waals surface area contributed by atoms with Crippen LogP contribution in [-0.2, 0) is 6.54 Å². The van der Waals surface area contributed by atoms with Gasteiger partial charge >= 0.3 is 0 Å². The first-order chi connectivity index (χ1) is 8.22. The molecule has 3 heteroatoms. The summed E-state index contributed by atoms with van der Waals surface area (Å²) in [7, 11) is 1.59. The molecule has 1 aliphatic rings. The Labute approximate surface area is 103 Å². The van der Waals surface area contributed by atoms with Gasteiger partial charge in [0.15, 0.2) is 11.5 Å². The van der Waals surface area contributed by atoms with Crippen molar-refractivity contribution in [3.8, 4) is 11.5 Å². The molecule has 1 fully saturated rings. The van der Waals surface area contributed by atoms with Gasteiger partial charge in [-0.1, -0.05) is 19.4 Å². The average Bonchev–Trinajstić information content (AvgIpc) is 2.79. The summed E-state index contributed by atoms with van der Waals surface area (Å²) >= 11 is 0. The van der Waals surface area contributed by atoms with Gasteiger partial charge in [-0.05, 0) is 36.6 Å². The summed E-state index contributed by atoms with van der Waals surface area (Å²) in [5.74, 6) is 1.63. The van der Waals surface area contributed by atoms with Crippen molar-refractivity contribution >= 4 is 0 Å². The lowest BCUT2D eigenvalue weighted by Crippen LogP contribution is -2.19. The molecule has 1 aromatic rings. The first-order valence-corrected chi connectivity index (χ1v) is 6.31. The fraction of sp³-hybridized carbons (Fsp3) is 0.571. The van der Waals surface area contributed by atoms with Gasteiger partial charge in [0.2, 0.25) is 0 Å². The largest absolute Gasteiger partial charge is 0.504 e. The maximum absolute atomic E-state index is 9.54. The zero-order valence-corrected chi connectivity index (χ0v) is 10.6. The van der Waals surface area contributed by atoms with E-state index in [1.807, 2.05) is 12.1 Å². The van der Waals surface area contributed by atoms with Gasteiger partial charge < -0.3 is 9.84 Å². The van der Waals surface area contributed by atoms with E-state index >= 15 is 0 Å². The molecular formula is C14H21NO2. The first-order valence-electron chi connectivity index (χ1n) is 6.31. The lowest BCUT2D eigenvalue weighted by molar-refractivity contribution is 0.313. The van der Waals surface area contributed by atoms with Gasteiger partial charge in [-0.25, -0.2) is 0 Å². The molecule has 2 rings (SSSR count). The predicted molar refractivity (Wildman–Crippen MR) is 68.3 cm³/mol. The molecule has 0 spiro atoms. The van der Waals surface area contributed by atoms with Crippen molar-refractivity contribution in [1.29, 1.82) is 0 Å². The summed E-state index contributed by atoms with van der Waals surface area (Å²) in [5.41, 5.74) is 1.21. The van der Waals surface area contributed by atoms with Gasteiger partial charge in [0.05, 0.1) is 7.11 Å². The number of likely N-dealkylation sites (tertiary alicyclic amines) is 1. The van der Waals surface area contributed by atoms with Gasteiger partial charge in [-0.15, -0.1) is 0 Å². The number of rotatable bonds is 4. The maximum Gasteiger partial charge on any atom is 0.160 e. The molecule has 1 aromatic carbocycles. The average molecular weight is 235 g/mol. The topological polar surface area (TPSA) is 32.7 Å². The molecule has 0 aliphatic carbocycles. The molecule has 94 valence electrons. The number of aromatic hydroxyl groups is 1. The number of methoxy groups -OCH3 is 1. The predicted octanol–water partition coefficient (Wildman–Crippen LogP) is 2.63. The number of nitrogens with zero attached hydrogens (tertiary/aromatic N) is 1. The number of benzene rings is 1. The number of hydrogen-bond acceptors (Lipinski definition) is 3. The van der Waals surface area contributed by atoms with Gasteiger partial charge in [0.1, 0.15) is 0 Å². The molecule has 0 aromatic heterocycles. The molecule has 1 saturated heterocycles. The van der Waals surface area contributed by atoms with Crippen LogP contribution in [0.25, 0.3) is 0 Å². The van der Waals surface area contributed by atoms with Crippen LogP contribution < -0.4 is 4.74 Å². The standard InChI is InChI=1S/C14H21NO2/c1-3-11-6-7-15(9-11)10-12-4-5-13(16)14(8-12)17-2/h4-5,8,11,16H,3,6-7,9-10H2,1-2H3. The van der Waals surface area contributed by atoms with Crippen molar-refractivity contribution in [3.63, 3.8) is 0 Å². The van der Waals surface area contributed by atoms with Gasteiger partial charge in [-0.3, -0.25) is 4.90 Å². The van der Waals surface area contributed by atoms with Crippen molar-refractivity contribution in [1.82, 2.24) is 4.90 Å². The minimum absolute atomic E-state index is 0.212. The second-order valence-electron chi connectivity index (χ2n) is 4.80. The normalized spacial score (nSPS) is 20.7. The zero-order chi connectivity index (χ0) is 12.3. The highest BCUT2D eigenvalue weighted by Gasteiger charge is 2.20. The van der Waals surface area contributed by atoms with Crippen LogP contribution in [-0.4, -0.2) is 30.2 Å². The van der Waals surface area contributed by atoms with E-state index in [-0.39, 0.29) is 5.75 Å². The molecule has 0 bridgehead atoms. The molecule has 0 amide bonds. The minimum Gasteiger partial charge on any atom is -0.504 e. The summed E-state index contributed by atoms with van der Waals surface area (Å²) in [6.45, 7) is 5.59. The second kappa shape index (κ2) is 5.41. The number of phenols is 1. The fourth-order valence-electron chi connectivity index (χ4n) is 2.47. The molecule has 1 unspecified atom stereocenters. The quantitative estimate of drug-likeness (QED) is 0.870. The van der Waals surface area contributed by atoms with Crippen molar-refractivity contribution < 1.29 is 9.84 Å². The fourth-order valence-corrected chi connectivity index (χ4v) is 2.47. The Hall–Kier alpha value is -1.22. The van der Waals surface area contributed by atoms with E-state index in [1.165, 1.54) is 31.5 Å². The van der Waals surface area contributed by atoms with Crippen LogP contribution in [0.5, 0.6) is 11.5 Å². The Morgan fingerprint density at radius 1 is 1.47 bits per heavy atom. The van der Waals surface area contributed by atoms with Gasteiger partial charge in [-0.2, -0.15) is 0 Å². The Kier molecular flexibility index (Phi) is 3.89. The monoisotopic (exact) mass is 235 g/mol. The third-order valence-corrected chi connectivity index (χ3v) is 3.60. The van der Waals surface area contributed by atoms with Crippen LogP contribution in [0.15, 0.2) is 18.2 Å². The Morgan fingerprint density at radius 2 is 2.29 bits per heavy atom. The zero-order valence-electron chi connectivity index (χ0n) is 10.6. The third kappa shape index (κ3) is 2.91. The highest BCUT2D eigenvalue weighted by Crippen LogP contribution is 2.28. The molecule has 1 heterocycles. The summed E-state index contributed by atoms with van der Waals surface area (Å²) in [4.78, 5) is 2.47. The molecular weight excluding hydrogens is 214 g/mol. The molecule has 0 radical (unpaired) electrons. The van der Waals surface area contributed by atoms with Crippen molar-refractivity contribution in [3.05, 3.63) is 23.8 Å². The van der Waals surface area contributed by atoms with Crippen LogP contribution >= 0.6 is 0 Å². The molecule has 3 nitrogen and oxygen atoms in total. The van der Waals surface area contributed by atoms with Crippen LogP contribution in [0.3, 0.4) is 0 Å². The molecule has 0 saturated carbocycles. The molecule has 1 aliphatic heterocycles.